The Morgan fingerprint density at radius 2 is 1.55 bits per heavy atom. The van der Waals surface area contributed by atoms with Crippen LogP contribution in [0.2, 0.25) is 0 Å². The van der Waals surface area contributed by atoms with Crippen molar-refractivity contribution >= 4 is 47.3 Å². The molecule has 47 heavy (non-hydrogen) atoms. The van der Waals surface area contributed by atoms with Gasteiger partial charge in [-0.2, -0.15) is 0 Å². The molecule has 1 aliphatic heterocycles. The van der Waals surface area contributed by atoms with Crippen molar-refractivity contribution in [2.45, 2.75) is 77.5 Å². The number of anilines is 1. The number of carbonyl (C=O) groups excluding carboxylic acids is 7. The largest absolute Gasteiger partial charge is 0.463 e. The third-order valence-electron chi connectivity index (χ3n) is 6.94. The van der Waals surface area contributed by atoms with E-state index in [-0.39, 0.29) is 17.8 Å². The monoisotopic (exact) mass is 653 g/mol. The van der Waals surface area contributed by atoms with Gasteiger partial charge in [0.1, 0.15) is 6.04 Å². The van der Waals surface area contributed by atoms with Crippen molar-refractivity contribution in [3.8, 4) is 0 Å². The minimum Gasteiger partial charge on any atom is -0.463 e. The summed E-state index contributed by atoms with van der Waals surface area (Å²) in [6.07, 6.45) is -2.67. The average molecular weight is 654 g/mol. The van der Waals surface area contributed by atoms with Crippen LogP contribution in [0.4, 0.5) is 15.3 Å². The zero-order chi connectivity index (χ0) is 35.1. The highest BCUT2D eigenvalue weighted by molar-refractivity contribution is 6.23. The fraction of sp³-hybridized carbons (Fsp3) is 0.406. The zero-order valence-corrected chi connectivity index (χ0v) is 27.0. The maximum atomic E-state index is 14.2. The van der Waals surface area contributed by atoms with E-state index in [2.05, 4.69) is 15.4 Å². The molecule has 0 aliphatic carbocycles. The number of methoxy groups -OCH3 is 1. The summed E-state index contributed by atoms with van der Waals surface area (Å²) < 4.78 is 15.1. The van der Waals surface area contributed by atoms with Crippen molar-refractivity contribution in [2.24, 2.45) is 5.73 Å². The quantitative estimate of drug-likeness (QED) is 0.124. The standard InChI is InChI=1S/C32H39N5O10/c1-18(2)46-25(39)16-24(33)27(40)36(23-10-8-7-9-11-23)32(20(5)38,29(42)47-19(3)4)37-28(41)26(35-30(37)43)22-14-12-21(13-15-22)17-34-31(44)45-6/h7-15,18-19,24,26H,16-17,33H2,1-6H3,(H,34,44)(H,35,43)/t24-,26?,32+/m0/s1. The highest BCUT2D eigenvalue weighted by Crippen LogP contribution is 2.37. The molecule has 1 aliphatic rings. The van der Waals surface area contributed by atoms with Crippen LogP contribution in [0.3, 0.4) is 0 Å². The van der Waals surface area contributed by atoms with Gasteiger partial charge in [-0.3, -0.25) is 24.1 Å². The molecule has 2 aromatic carbocycles. The molecule has 4 N–H and O–H groups in total. The molecule has 5 amide bonds. The van der Waals surface area contributed by atoms with Crippen molar-refractivity contribution in [1.82, 2.24) is 15.5 Å². The number of hydrogen-bond donors (Lipinski definition) is 3. The first kappa shape index (κ1) is 36.2. The van der Waals surface area contributed by atoms with Gasteiger partial charge in [0.2, 0.25) is 5.91 Å². The number of esters is 2. The second-order valence-corrected chi connectivity index (χ2v) is 11.2. The number of ether oxygens (including phenoxy) is 3. The number of urea groups is 1. The Morgan fingerprint density at radius 3 is 2.09 bits per heavy atom. The molecule has 1 saturated heterocycles. The van der Waals surface area contributed by atoms with Gasteiger partial charge in [0.15, 0.2) is 5.78 Å². The lowest BCUT2D eigenvalue weighted by Gasteiger charge is -2.44. The molecule has 1 unspecified atom stereocenters. The summed E-state index contributed by atoms with van der Waals surface area (Å²) in [6, 6.07) is 9.31. The summed E-state index contributed by atoms with van der Waals surface area (Å²) >= 11 is 0. The molecule has 2 aromatic rings. The van der Waals surface area contributed by atoms with Crippen LogP contribution in [-0.2, 0) is 44.7 Å². The van der Waals surface area contributed by atoms with Crippen LogP contribution in [0.25, 0.3) is 0 Å². The first-order valence-corrected chi connectivity index (χ1v) is 14.8. The second-order valence-electron chi connectivity index (χ2n) is 11.2. The van der Waals surface area contributed by atoms with E-state index < -0.39 is 78.0 Å². The Kier molecular flexibility index (Phi) is 11.8. The number of para-hydroxylation sites is 1. The first-order valence-electron chi connectivity index (χ1n) is 14.8. The SMILES string of the molecule is COC(=O)NCc1ccc(C2NC(=O)N([C@](C(C)=O)(C(=O)OC(C)C)N(C(=O)[C@@H](N)CC(=O)OC(C)C)c3ccccc3)C2=O)cc1. The van der Waals surface area contributed by atoms with Gasteiger partial charge in [-0.15, -0.1) is 0 Å². The third-order valence-corrected chi connectivity index (χ3v) is 6.94. The number of ketones is 1. The van der Waals surface area contributed by atoms with Crippen LogP contribution >= 0.6 is 0 Å². The van der Waals surface area contributed by atoms with Gasteiger partial charge in [0, 0.05) is 12.2 Å². The van der Waals surface area contributed by atoms with Crippen LogP contribution < -0.4 is 21.3 Å². The van der Waals surface area contributed by atoms with Crippen molar-refractivity contribution in [1.29, 1.82) is 0 Å². The Labute approximate surface area is 271 Å². The Hall–Kier alpha value is -5.31. The molecule has 0 saturated carbocycles. The van der Waals surface area contributed by atoms with Crippen molar-refractivity contribution in [3.63, 3.8) is 0 Å². The smallest absolute Gasteiger partial charge is 0.407 e. The molecule has 15 nitrogen and oxygen atoms in total. The topological polar surface area (TPSA) is 204 Å². The number of carbonyl (C=O) groups is 7. The van der Waals surface area contributed by atoms with E-state index in [4.69, 9.17) is 15.2 Å². The number of nitrogens with zero attached hydrogens (tertiary/aromatic N) is 2. The van der Waals surface area contributed by atoms with Crippen LogP contribution in [0, 0.1) is 0 Å². The zero-order valence-electron chi connectivity index (χ0n) is 27.0. The van der Waals surface area contributed by atoms with E-state index in [1.807, 2.05) is 0 Å². The summed E-state index contributed by atoms with van der Waals surface area (Å²) in [5, 5.41) is 5.01. The van der Waals surface area contributed by atoms with Gasteiger partial charge in [0.25, 0.3) is 11.6 Å². The van der Waals surface area contributed by atoms with Crippen LogP contribution in [0.1, 0.15) is 58.2 Å². The summed E-state index contributed by atoms with van der Waals surface area (Å²) in [5.41, 5.74) is 3.98. The lowest BCUT2D eigenvalue weighted by Crippen LogP contribution is -2.74. The number of nitrogens with two attached hydrogens (primary N) is 1. The fourth-order valence-electron chi connectivity index (χ4n) is 4.92. The summed E-state index contributed by atoms with van der Waals surface area (Å²) in [4.78, 5) is 95.1. The minimum absolute atomic E-state index is 0.0902. The Morgan fingerprint density at radius 1 is 0.957 bits per heavy atom. The Balaban J connectivity index is 2.17. The highest BCUT2D eigenvalue weighted by Gasteiger charge is 2.65. The van der Waals surface area contributed by atoms with Crippen molar-refractivity contribution in [2.75, 3.05) is 12.0 Å². The Bertz CT molecular complexity index is 1510. The second kappa shape index (κ2) is 15.3. The van der Waals surface area contributed by atoms with E-state index in [1.54, 1.807) is 32.0 Å². The average Bonchev–Trinajstić information content (AvgIpc) is 3.31. The normalized spacial score (nSPS) is 16.2. The predicted octanol–water partition coefficient (Wildman–Crippen LogP) is 2.07. The van der Waals surface area contributed by atoms with E-state index in [9.17, 15) is 33.6 Å². The molecule has 252 valence electrons. The van der Waals surface area contributed by atoms with Gasteiger partial charge in [-0.25, -0.2) is 19.3 Å². The number of Topliss-reactive ketones (excluding diaryl/α,β-unsaturated/α-hetero) is 1. The predicted molar refractivity (Wildman–Crippen MR) is 166 cm³/mol. The number of hydrogen-bond acceptors (Lipinski definition) is 11. The van der Waals surface area contributed by atoms with Gasteiger partial charge < -0.3 is 30.6 Å². The van der Waals surface area contributed by atoms with Gasteiger partial charge in [-0.05, 0) is 57.9 Å². The molecular weight excluding hydrogens is 614 g/mol. The number of rotatable bonds is 13. The number of alkyl carbamates (subject to hydrolysis) is 1. The van der Waals surface area contributed by atoms with Crippen LogP contribution in [-0.4, -0.2) is 77.6 Å². The minimum atomic E-state index is -3.03. The van der Waals surface area contributed by atoms with E-state index in [0.717, 1.165) is 6.92 Å². The number of nitrogens with one attached hydrogen (secondary N) is 2. The first-order chi connectivity index (χ1) is 22.1. The van der Waals surface area contributed by atoms with E-state index in [0.29, 0.717) is 15.4 Å². The highest BCUT2D eigenvalue weighted by atomic mass is 16.6. The number of imide groups is 1. The van der Waals surface area contributed by atoms with Crippen molar-refractivity contribution in [3.05, 3.63) is 65.7 Å². The molecule has 0 bridgehead atoms. The van der Waals surface area contributed by atoms with Crippen molar-refractivity contribution < 1.29 is 47.8 Å². The summed E-state index contributed by atoms with van der Waals surface area (Å²) in [5.74, 6) is -5.53. The molecule has 1 fully saturated rings. The van der Waals surface area contributed by atoms with E-state index >= 15 is 0 Å². The molecule has 3 rings (SSSR count). The molecule has 0 aromatic heterocycles. The molecule has 0 spiro atoms. The van der Waals surface area contributed by atoms with Crippen LogP contribution in [0.15, 0.2) is 54.6 Å². The van der Waals surface area contributed by atoms with Gasteiger partial charge >= 0.3 is 24.1 Å². The lowest BCUT2D eigenvalue weighted by atomic mass is 9.96. The van der Waals surface area contributed by atoms with Gasteiger partial charge in [0.05, 0.1) is 31.8 Å². The lowest BCUT2D eigenvalue weighted by molar-refractivity contribution is -0.168. The molecule has 3 atom stereocenters. The third kappa shape index (κ3) is 7.92. The number of amides is 5. The maximum Gasteiger partial charge on any atom is 0.407 e. The van der Waals surface area contributed by atoms with Crippen LogP contribution in [0.5, 0.6) is 0 Å². The molecular formula is C32H39N5O10. The molecule has 1 heterocycles. The summed E-state index contributed by atoms with van der Waals surface area (Å²) in [7, 11) is 1.22. The fourth-order valence-corrected chi connectivity index (χ4v) is 4.92. The molecule has 0 radical (unpaired) electrons. The summed E-state index contributed by atoms with van der Waals surface area (Å²) in [6.45, 7) is 7.21. The molecule has 15 heteroatoms. The maximum absolute atomic E-state index is 14.2. The van der Waals surface area contributed by atoms with E-state index in [1.165, 1.54) is 57.4 Å². The van der Waals surface area contributed by atoms with Gasteiger partial charge in [-0.1, -0.05) is 42.5 Å². The number of benzene rings is 2.